The molecule has 0 radical (unpaired) electrons. The number of thiazole rings is 1. The molecule has 0 bridgehead atoms. The van der Waals surface area contributed by atoms with Gasteiger partial charge in [0.15, 0.2) is 5.13 Å². The molecule has 0 saturated carbocycles. The van der Waals surface area contributed by atoms with E-state index in [1.165, 1.54) is 23.5 Å². The number of anilines is 2. The van der Waals surface area contributed by atoms with Gasteiger partial charge in [-0.2, -0.15) is 13.2 Å². The Kier molecular flexibility index (Phi) is 7.87. The molecular weight excluding hydrogens is 529 g/mol. The van der Waals surface area contributed by atoms with E-state index in [0.29, 0.717) is 39.7 Å². The van der Waals surface area contributed by atoms with Gasteiger partial charge in [-0.3, -0.25) is 9.59 Å². The fourth-order valence-corrected chi connectivity index (χ4v) is 5.06. The van der Waals surface area contributed by atoms with Gasteiger partial charge in [0, 0.05) is 56.0 Å². The number of aromatic nitrogens is 2. The van der Waals surface area contributed by atoms with Gasteiger partial charge < -0.3 is 20.9 Å². The number of carbonyl (C=O) groups is 2. The number of fused-ring (bicyclic) bond motifs is 1. The van der Waals surface area contributed by atoms with Gasteiger partial charge in [0.1, 0.15) is 10.3 Å². The molecule has 39 heavy (non-hydrogen) atoms. The lowest BCUT2D eigenvalue weighted by Crippen LogP contribution is -2.44. The molecule has 1 fully saturated rings. The van der Waals surface area contributed by atoms with Crippen LogP contribution in [0.1, 0.15) is 22.3 Å². The standard InChI is InChI=1S/C27H25F3N6O2S/c28-27(29,30)19-5-2-6-20(16-19)32-24(38)18-4-1-3-17(15-18)21-7-8-22-25(33-21)39-26(34-22)35-23(37)9-12-36-13-10-31-11-14-36/h1-8,15-16,31H,9-14H2,(H,32,38)(H,34,35,37). The average Bonchev–Trinajstić information content (AvgIpc) is 3.33. The van der Waals surface area contributed by atoms with Gasteiger partial charge in [-0.25, -0.2) is 9.97 Å². The minimum Gasteiger partial charge on any atom is -0.322 e. The van der Waals surface area contributed by atoms with Crippen molar-refractivity contribution in [3.8, 4) is 11.3 Å². The molecule has 12 heteroatoms. The molecule has 0 aliphatic carbocycles. The fraction of sp³-hybridized carbons (Fsp3) is 0.259. The van der Waals surface area contributed by atoms with E-state index in [0.717, 1.165) is 38.3 Å². The maximum atomic E-state index is 13.0. The number of alkyl halides is 3. The Bertz CT molecular complexity index is 1500. The number of nitrogens with one attached hydrogen (secondary N) is 3. The molecular formula is C27H25F3N6O2S. The van der Waals surface area contributed by atoms with Crippen LogP contribution in [0.2, 0.25) is 0 Å². The molecule has 0 spiro atoms. The molecule has 2 aromatic carbocycles. The van der Waals surface area contributed by atoms with Crippen LogP contribution in [0.3, 0.4) is 0 Å². The van der Waals surface area contributed by atoms with Gasteiger partial charge in [-0.05, 0) is 42.5 Å². The first-order valence-electron chi connectivity index (χ1n) is 12.3. The van der Waals surface area contributed by atoms with Gasteiger partial charge in [0.2, 0.25) is 5.91 Å². The van der Waals surface area contributed by atoms with Crippen LogP contribution in [0.15, 0.2) is 60.7 Å². The predicted molar refractivity (Wildman–Crippen MR) is 145 cm³/mol. The summed E-state index contributed by atoms with van der Waals surface area (Å²) in [6, 6.07) is 14.7. The number of benzene rings is 2. The summed E-state index contributed by atoms with van der Waals surface area (Å²) in [4.78, 5) is 37.2. The second-order valence-electron chi connectivity index (χ2n) is 9.04. The maximum Gasteiger partial charge on any atom is 0.416 e. The van der Waals surface area contributed by atoms with E-state index >= 15 is 0 Å². The van der Waals surface area contributed by atoms with Crippen molar-refractivity contribution in [3.05, 3.63) is 71.8 Å². The van der Waals surface area contributed by atoms with E-state index in [4.69, 9.17) is 0 Å². The second kappa shape index (κ2) is 11.5. The molecule has 3 heterocycles. The van der Waals surface area contributed by atoms with Gasteiger partial charge in [-0.15, -0.1) is 0 Å². The van der Waals surface area contributed by atoms with Crippen LogP contribution < -0.4 is 16.0 Å². The number of rotatable bonds is 7. The number of amides is 2. The quantitative estimate of drug-likeness (QED) is 0.302. The van der Waals surface area contributed by atoms with Crippen LogP contribution in [-0.4, -0.2) is 59.4 Å². The zero-order chi connectivity index (χ0) is 27.4. The summed E-state index contributed by atoms with van der Waals surface area (Å²) in [6.45, 7) is 4.40. The molecule has 0 atom stereocenters. The molecule has 202 valence electrons. The van der Waals surface area contributed by atoms with Crippen molar-refractivity contribution in [1.82, 2.24) is 20.2 Å². The first kappa shape index (κ1) is 26.7. The summed E-state index contributed by atoms with van der Waals surface area (Å²) in [6.07, 6.45) is -4.13. The Balaban J connectivity index is 1.26. The molecule has 2 aromatic heterocycles. The van der Waals surface area contributed by atoms with E-state index in [-0.39, 0.29) is 17.2 Å². The zero-order valence-corrected chi connectivity index (χ0v) is 21.5. The maximum absolute atomic E-state index is 13.0. The highest BCUT2D eigenvalue weighted by atomic mass is 32.1. The first-order chi connectivity index (χ1) is 18.7. The normalized spacial score (nSPS) is 14.3. The largest absolute Gasteiger partial charge is 0.416 e. The van der Waals surface area contributed by atoms with Gasteiger partial charge in [-0.1, -0.05) is 29.5 Å². The summed E-state index contributed by atoms with van der Waals surface area (Å²) in [5, 5.41) is 9.12. The van der Waals surface area contributed by atoms with Crippen LogP contribution in [0, 0.1) is 0 Å². The smallest absolute Gasteiger partial charge is 0.322 e. The molecule has 2 amide bonds. The van der Waals surface area contributed by atoms with E-state index in [9.17, 15) is 22.8 Å². The van der Waals surface area contributed by atoms with E-state index in [1.54, 1.807) is 36.4 Å². The lowest BCUT2D eigenvalue weighted by Gasteiger charge is -2.26. The van der Waals surface area contributed by atoms with Crippen molar-refractivity contribution >= 4 is 44.3 Å². The highest BCUT2D eigenvalue weighted by Gasteiger charge is 2.30. The summed E-state index contributed by atoms with van der Waals surface area (Å²) >= 11 is 1.26. The summed E-state index contributed by atoms with van der Waals surface area (Å²) in [5.41, 5.74) is 1.37. The number of pyridine rings is 1. The second-order valence-corrected chi connectivity index (χ2v) is 10.0. The Morgan fingerprint density at radius 3 is 2.56 bits per heavy atom. The molecule has 4 aromatic rings. The van der Waals surface area contributed by atoms with Gasteiger partial charge >= 0.3 is 6.18 Å². The molecule has 1 aliphatic heterocycles. The lowest BCUT2D eigenvalue weighted by atomic mass is 10.1. The van der Waals surface area contributed by atoms with Crippen LogP contribution in [0.4, 0.5) is 24.0 Å². The Hall–Kier alpha value is -3.87. The van der Waals surface area contributed by atoms with Crippen molar-refractivity contribution in [1.29, 1.82) is 0 Å². The number of hydrogen-bond donors (Lipinski definition) is 3. The van der Waals surface area contributed by atoms with Crippen molar-refractivity contribution < 1.29 is 22.8 Å². The van der Waals surface area contributed by atoms with Crippen molar-refractivity contribution in [2.24, 2.45) is 0 Å². The number of piperazine rings is 1. The summed E-state index contributed by atoms with van der Waals surface area (Å²) in [5.74, 6) is -0.645. The summed E-state index contributed by atoms with van der Waals surface area (Å²) < 4.78 is 39.0. The minimum absolute atomic E-state index is 0.0481. The van der Waals surface area contributed by atoms with Crippen molar-refractivity contribution in [2.45, 2.75) is 12.6 Å². The molecule has 0 unspecified atom stereocenters. The molecule has 8 nitrogen and oxygen atoms in total. The highest BCUT2D eigenvalue weighted by Crippen LogP contribution is 2.31. The Morgan fingerprint density at radius 2 is 1.77 bits per heavy atom. The van der Waals surface area contributed by atoms with Crippen LogP contribution in [-0.2, 0) is 11.0 Å². The number of hydrogen-bond acceptors (Lipinski definition) is 7. The monoisotopic (exact) mass is 554 g/mol. The number of carbonyl (C=O) groups excluding carboxylic acids is 2. The highest BCUT2D eigenvalue weighted by molar-refractivity contribution is 7.22. The third-order valence-corrected chi connectivity index (χ3v) is 7.12. The van der Waals surface area contributed by atoms with Gasteiger partial charge in [0.05, 0.1) is 11.3 Å². The predicted octanol–water partition coefficient (Wildman–Crippen LogP) is 4.86. The third kappa shape index (κ3) is 6.77. The van der Waals surface area contributed by atoms with E-state index in [1.807, 2.05) is 0 Å². The molecule has 3 N–H and O–H groups in total. The number of nitrogens with zero attached hydrogens (tertiary/aromatic N) is 3. The molecule has 1 aliphatic rings. The topological polar surface area (TPSA) is 99.3 Å². The average molecular weight is 555 g/mol. The van der Waals surface area contributed by atoms with Crippen molar-refractivity contribution in [3.63, 3.8) is 0 Å². The zero-order valence-electron chi connectivity index (χ0n) is 20.7. The summed E-state index contributed by atoms with van der Waals surface area (Å²) in [7, 11) is 0. The van der Waals surface area contributed by atoms with Crippen LogP contribution >= 0.6 is 11.3 Å². The van der Waals surface area contributed by atoms with Crippen molar-refractivity contribution in [2.75, 3.05) is 43.4 Å². The Morgan fingerprint density at radius 1 is 0.974 bits per heavy atom. The van der Waals surface area contributed by atoms with Gasteiger partial charge in [0.25, 0.3) is 5.91 Å². The Labute approximate surface area is 226 Å². The van der Waals surface area contributed by atoms with Crippen LogP contribution in [0.5, 0.6) is 0 Å². The molecule has 5 rings (SSSR count). The van der Waals surface area contributed by atoms with Crippen LogP contribution in [0.25, 0.3) is 21.6 Å². The SMILES string of the molecule is O=C(CCN1CCNCC1)Nc1nc2ccc(-c3cccc(C(=O)Nc4cccc(C(F)(F)F)c4)c3)nc2s1. The van der Waals surface area contributed by atoms with E-state index in [2.05, 4.69) is 30.8 Å². The molecule has 1 saturated heterocycles. The van der Waals surface area contributed by atoms with E-state index < -0.39 is 17.6 Å². The lowest BCUT2D eigenvalue weighted by molar-refractivity contribution is -0.137. The fourth-order valence-electron chi connectivity index (χ4n) is 4.20. The number of halogens is 3. The first-order valence-corrected chi connectivity index (χ1v) is 13.2. The third-order valence-electron chi connectivity index (χ3n) is 6.23. The minimum atomic E-state index is -4.50.